The van der Waals surface area contributed by atoms with E-state index in [0.29, 0.717) is 12.2 Å². The zero-order chi connectivity index (χ0) is 14.6. The fraction of sp³-hybridized carbons (Fsp3) is 0.462. The first kappa shape index (κ1) is 14.9. The fourth-order valence-corrected chi connectivity index (χ4v) is 1.71. The minimum atomic E-state index is -0.509. The first-order valence-electron chi connectivity index (χ1n) is 6.13. The molecule has 19 heavy (non-hydrogen) atoms. The summed E-state index contributed by atoms with van der Waals surface area (Å²) in [5, 5.41) is 13.9. The van der Waals surface area contributed by atoms with E-state index < -0.39 is 11.0 Å². The summed E-state index contributed by atoms with van der Waals surface area (Å²) in [6, 6.07) is 4.28. The molecule has 1 atom stereocenters. The number of carbonyl (C=O) groups excluding carboxylic acids is 1. The molecule has 1 rings (SSSR count). The second-order valence-electron chi connectivity index (χ2n) is 4.50. The van der Waals surface area contributed by atoms with Crippen LogP contribution in [0.25, 0.3) is 0 Å². The predicted molar refractivity (Wildman–Crippen MR) is 74.2 cm³/mol. The van der Waals surface area contributed by atoms with Gasteiger partial charge in [-0.15, -0.1) is 0 Å². The molecule has 1 amide bonds. The number of amides is 1. The third kappa shape index (κ3) is 3.67. The van der Waals surface area contributed by atoms with E-state index in [9.17, 15) is 14.9 Å². The number of hydrogen-bond donors (Lipinski definition) is 1. The number of likely N-dealkylation sites (N-methyl/N-ethyl adjacent to an activating group) is 1. The van der Waals surface area contributed by atoms with Crippen LogP contribution in [0, 0.1) is 17.0 Å². The molecule has 0 aliphatic carbocycles. The van der Waals surface area contributed by atoms with Crippen LogP contribution in [0.15, 0.2) is 18.2 Å². The van der Waals surface area contributed by atoms with Crippen LogP contribution in [0.3, 0.4) is 0 Å². The molecule has 1 aromatic carbocycles. The summed E-state index contributed by atoms with van der Waals surface area (Å²) in [4.78, 5) is 24.0. The highest BCUT2D eigenvalue weighted by atomic mass is 16.6. The van der Waals surface area contributed by atoms with Gasteiger partial charge in [-0.25, -0.2) is 0 Å². The second kappa shape index (κ2) is 6.17. The van der Waals surface area contributed by atoms with Crippen LogP contribution in [0.2, 0.25) is 0 Å². The molecule has 0 saturated heterocycles. The number of rotatable bonds is 5. The van der Waals surface area contributed by atoms with Crippen molar-refractivity contribution in [3.05, 3.63) is 33.9 Å². The summed E-state index contributed by atoms with van der Waals surface area (Å²) in [5.41, 5.74) is 1.25. The van der Waals surface area contributed by atoms with E-state index in [1.165, 1.54) is 6.07 Å². The van der Waals surface area contributed by atoms with Gasteiger partial charge in [-0.2, -0.15) is 0 Å². The maximum absolute atomic E-state index is 11.9. The summed E-state index contributed by atoms with van der Waals surface area (Å²) in [6.07, 6.45) is 0. The Kier molecular flexibility index (Phi) is 4.86. The molecular weight excluding hydrogens is 246 g/mol. The van der Waals surface area contributed by atoms with E-state index in [2.05, 4.69) is 5.32 Å². The van der Waals surface area contributed by atoms with Gasteiger partial charge in [0, 0.05) is 19.7 Å². The van der Waals surface area contributed by atoms with Gasteiger partial charge in [0.15, 0.2) is 0 Å². The first-order chi connectivity index (χ1) is 8.86. The molecule has 0 bridgehead atoms. The zero-order valence-electron chi connectivity index (χ0n) is 11.6. The molecule has 1 aromatic rings. The molecule has 0 aromatic heterocycles. The number of nitrogens with zero attached hydrogens (tertiary/aromatic N) is 2. The van der Waals surface area contributed by atoms with Gasteiger partial charge in [0.25, 0.3) is 5.69 Å². The third-order valence-corrected chi connectivity index (χ3v) is 2.94. The summed E-state index contributed by atoms with van der Waals surface area (Å²) in [5.74, 6) is -0.0988. The highest BCUT2D eigenvalue weighted by Gasteiger charge is 2.20. The average Bonchev–Trinajstić information content (AvgIpc) is 2.36. The number of nitro groups is 1. The number of benzene rings is 1. The van der Waals surface area contributed by atoms with Gasteiger partial charge in [-0.05, 0) is 32.4 Å². The topological polar surface area (TPSA) is 75.5 Å². The van der Waals surface area contributed by atoms with Crippen LogP contribution in [-0.2, 0) is 4.79 Å². The Morgan fingerprint density at radius 2 is 2.16 bits per heavy atom. The van der Waals surface area contributed by atoms with Gasteiger partial charge in [-0.3, -0.25) is 14.9 Å². The SMILES string of the molecule is CCN(C)C(=O)C(C)Nc1cc(C)ccc1[N+](=O)[O-]. The largest absolute Gasteiger partial charge is 0.368 e. The Labute approximate surface area is 112 Å². The summed E-state index contributed by atoms with van der Waals surface area (Å²) >= 11 is 0. The molecule has 0 aliphatic rings. The van der Waals surface area contributed by atoms with Gasteiger partial charge in [0.2, 0.25) is 5.91 Å². The molecule has 6 heteroatoms. The average molecular weight is 265 g/mol. The van der Waals surface area contributed by atoms with Crippen LogP contribution in [0.1, 0.15) is 19.4 Å². The lowest BCUT2D eigenvalue weighted by molar-refractivity contribution is -0.384. The lowest BCUT2D eigenvalue weighted by atomic mass is 10.1. The van der Waals surface area contributed by atoms with Crippen molar-refractivity contribution in [3.8, 4) is 0 Å². The van der Waals surface area contributed by atoms with Gasteiger partial charge in [0.05, 0.1) is 4.92 Å². The Balaban J connectivity index is 2.95. The highest BCUT2D eigenvalue weighted by Crippen LogP contribution is 2.26. The minimum Gasteiger partial charge on any atom is -0.368 e. The number of aryl methyl sites for hydroxylation is 1. The summed E-state index contributed by atoms with van der Waals surface area (Å²) in [6.45, 7) is 6.01. The van der Waals surface area contributed by atoms with Crippen LogP contribution >= 0.6 is 0 Å². The lowest BCUT2D eigenvalue weighted by Crippen LogP contribution is -2.38. The highest BCUT2D eigenvalue weighted by molar-refractivity contribution is 5.85. The second-order valence-corrected chi connectivity index (χ2v) is 4.50. The van der Waals surface area contributed by atoms with Gasteiger partial charge >= 0.3 is 0 Å². The molecule has 0 aliphatic heterocycles. The first-order valence-corrected chi connectivity index (χ1v) is 6.13. The van der Waals surface area contributed by atoms with E-state index >= 15 is 0 Å². The molecule has 1 unspecified atom stereocenters. The summed E-state index contributed by atoms with van der Waals surface area (Å²) in [7, 11) is 1.70. The van der Waals surface area contributed by atoms with Crippen molar-refractivity contribution < 1.29 is 9.72 Å². The fourth-order valence-electron chi connectivity index (χ4n) is 1.71. The van der Waals surface area contributed by atoms with E-state index in [4.69, 9.17) is 0 Å². The van der Waals surface area contributed by atoms with Crippen molar-refractivity contribution in [2.24, 2.45) is 0 Å². The number of nitro benzene ring substituents is 1. The number of nitrogens with one attached hydrogen (secondary N) is 1. The van der Waals surface area contributed by atoms with Crippen molar-refractivity contribution in [2.45, 2.75) is 26.8 Å². The quantitative estimate of drug-likeness (QED) is 0.654. The monoisotopic (exact) mass is 265 g/mol. The predicted octanol–water partition coefficient (Wildman–Crippen LogP) is 2.18. The van der Waals surface area contributed by atoms with Crippen molar-refractivity contribution in [1.82, 2.24) is 4.90 Å². The van der Waals surface area contributed by atoms with Crippen LogP contribution in [-0.4, -0.2) is 35.4 Å². The molecule has 0 saturated carbocycles. The maximum Gasteiger partial charge on any atom is 0.292 e. The van der Waals surface area contributed by atoms with E-state index in [1.807, 2.05) is 13.8 Å². The molecule has 0 fully saturated rings. The normalized spacial score (nSPS) is 11.8. The van der Waals surface area contributed by atoms with Crippen LogP contribution in [0.4, 0.5) is 11.4 Å². The Morgan fingerprint density at radius 1 is 1.53 bits per heavy atom. The molecule has 0 heterocycles. The van der Waals surface area contributed by atoms with Crippen molar-refractivity contribution in [2.75, 3.05) is 18.9 Å². The van der Waals surface area contributed by atoms with E-state index in [-0.39, 0.29) is 11.6 Å². The van der Waals surface area contributed by atoms with Crippen molar-refractivity contribution in [1.29, 1.82) is 0 Å². The molecular formula is C13H19N3O3. The van der Waals surface area contributed by atoms with Crippen LogP contribution in [0.5, 0.6) is 0 Å². The molecule has 0 radical (unpaired) electrons. The van der Waals surface area contributed by atoms with E-state index in [1.54, 1.807) is 31.0 Å². The standard InChI is InChI=1S/C13H19N3O3/c1-5-15(4)13(17)10(3)14-11-8-9(2)6-7-12(11)16(18)19/h6-8,10,14H,5H2,1-4H3. The van der Waals surface area contributed by atoms with Crippen molar-refractivity contribution in [3.63, 3.8) is 0 Å². The molecule has 6 nitrogen and oxygen atoms in total. The Bertz CT molecular complexity index is 488. The number of carbonyl (C=O) groups is 1. The molecule has 0 spiro atoms. The zero-order valence-corrected chi connectivity index (χ0v) is 11.6. The van der Waals surface area contributed by atoms with Gasteiger partial charge in [0.1, 0.15) is 11.7 Å². The summed E-state index contributed by atoms with van der Waals surface area (Å²) < 4.78 is 0. The van der Waals surface area contributed by atoms with Crippen molar-refractivity contribution >= 4 is 17.3 Å². The Morgan fingerprint density at radius 3 is 2.68 bits per heavy atom. The van der Waals surface area contributed by atoms with Crippen LogP contribution < -0.4 is 5.32 Å². The minimum absolute atomic E-state index is 0.0237. The Hall–Kier alpha value is -2.11. The van der Waals surface area contributed by atoms with E-state index in [0.717, 1.165) is 5.56 Å². The molecule has 104 valence electrons. The van der Waals surface area contributed by atoms with Gasteiger partial charge < -0.3 is 10.2 Å². The number of anilines is 1. The lowest BCUT2D eigenvalue weighted by Gasteiger charge is -2.21. The smallest absolute Gasteiger partial charge is 0.292 e. The van der Waals surface area contributed by atoms with Gasteiger partial charge in [-0.1, -0.05) is 6.07 Å². The molecule has 1 N–H and O–H groups in total. The number of hydrogen-bond acceptors (Lipinski definition) is 4. The maximum atomic E-state index is 11.9. The third-order valence-electron chi connectivity index (χ3n) is 2.94.